The fourth-order valence-electron chi connectivity index (χ4n) is 2.57. The quantitative estimate of drug-likeness (QED) is 0.855. The van der Waals surface area contributed by atoms with E-state index in [0.29, 0.717) is 12.5 Å². The minimum atomic E-state index is 0.427. The van der Waals surface area contributed by atoms with Gasteiger partial charge in [-0.3, -0.25) is 4.90 Å². The van der Waals surface area contributed by atoms with E-state index in [4.69, 9.17) is 10.5 Å². The molecule has 2 rings (SSSR count). The average Bonchev–Trinajstić information content (AvgIpc) is 2.85. The maximum absolute atomic E-state index is 5.39. The van der Waals surface area contributed by atoms with E-state index in [2.05, 4.69) is 28.2 Å². The lowest BCUT2D eigenvalue weighted by Gasteiger charge is -2.31. The summed E-state index contributed by atoms with van der Waals surface area (Å²) in [5, 5.41) is 2.12. The van der Waals surface area contributed by atoms with E-state index in [0.717, 1.165) is 25.3 Å². The van der Waals surface area contributed by atoms with Gasteiger partial charge in [0.2, 0.25) is 0 Å². The van der Waals surface area contributed by atoms with Crippen LogP contribution in [0, 0.1) is 17.8 Å². The first-order valence-corrected chi connectivity index (χ1v) is 7.67. The molecule has 104 valence electrons. The molecule has 0 bridgehead atoms. The molecule has 1 fully saturated rings. The molecule has 1 unspecified atom stereocenters. The number of nitrogens with zero attached hydrogens (tertiary/aromatic N) is 1. The van der Waals surface area contributed by atoms with Crippen LogP contribution in [0.2, 0.25) is 0 Å². The third-order valence-electron chi connectivity index (χ3n) is 3.37. The third kappa shape index (κ3) is 4.63. The fourth-order valence-corrected chi connectivity index (χ4v) is 3.43. The second kappa shape index (κ2) is 7.66. The standard InChI is InChI=1S/C15H22N2OS/c1-18-11-14-5-3-7-17(9-14)10-15-8-13(12-19-15)4-2-6-16/h8,12,14H,3,5-7,9-11,16H2,1H3. The second-order valence-corrected chi connectivity index (χ2v) is 6.00. The average molecular weight is 278 g/mol. The molecule has 4 heteroatoms. The van der Waals surface area contributed by atoms with Crippen molar-refractivity contribution in [3.05, 3.63) is 21.9 Å². The highest BCUT2D eigenvalue weighted by Gasteiger charge is 2.20. The number of piperidine rings is 1. The molecular weight excluding hydrogens is 256 g/mol. The zero-order valence-electron chi connectivity index (χ0n) is 11.5. The summed E-state index contributed by atoms with van der Waals surface area (Å²) in [5.41, 5.74) is 6.48. The molecule has 0 aliphatic carbocycles. The van der Waals surface area contributed by atoms with E-state index in [1.54, 1.807) is 18.4 Å². The first-order valence-electron chi connectivity index (χ1n) is 6.79. The highest BCUT2D eigenvalue weighted by atomic mass is 32.1. The van der Waals surface area contributed by atoms with Gasteiger partial charge in [0.05, 0.1) is 13.2 Å². The van der Waals surface area contributed by atoms with Crippen LogP contribution in [0.5, 0.6) is 0 Å². The van der Waals surface area contributed by atoms with Gasteiger partial charge >= 0.3 is 0 Å². The Kier molecular flexibility index (Phi) is 5.87. The SMILES string of the molecule is COCC1CCCN(Cc2cc(C#CCN)cs2)C1. The first-order chi connectivity index (χ1) is 9.31. The topological polar surface area (TPSA) is 38.5 Å². The van der Waals surface area contributed by atoms with Crippen molar-refractivity contribution in [2.45, 2.75) is 19.4 Å². The zero-order chi connectivity index (χ0) is 13.5. The molecule has 2 heterocycles. The lowest BCUT2D eigenvalue weighted by Crippen LogP contribution is -2.36. The van der Waals surface area contributed by atoms with Crippen molar-refractivity contribution in [2.24, 2.45) is 11.7 Å². The van der Waals surface area contributed by atoms with Crippen LogP contribution >= 0.6 is 11.3 Å². The van der Waals surface area contributed by atoms with Crippen LogP contribution in [0.15, 0.2) is 11.4 Å². The molecule has 0 aromatic carbocycles. The van der Waals surface area contributed by atoms with Crippen LogP contribution in [0.3, 0.4) is 0 Å². The maximum Gasteiger partial charge on any atom is 0.0555 e. The highest BCUT2D eigenvalue weighted by molar-refractivity contribution is 7.10. The molecule has 1 atom stereocenters. The smallest absolute Gasteiger partial charge is 0.0555 e. The molecule has 0 amide bonds. The molecule has 1 saturated heterocycles. The number of thiophene rings is 1. The number of hydrogen-bond donors (Lipinski definition) is 1. The third-order valence-corrected chi connectivity index (χ3v) is 4.29. The molecule has 1 aromatic heterocycles. The zero-order valence-corrected chi connectivity index (χ0v) is 12.3. The molecule has 1 aromatic rings. The van der Waals surface area contributed by atoms with Crippen molar-refractivity contribution in [2.75, 3.05) is 33.4 Å². The Morgan fingerprint density at radius 3 is 3.26 bits per heavy atom. The van der Waals surface area contributed by atoms with E-state index >= 15 is 0 Å². The van der Waals surface area contributed by atoms with Gasteiger partial charge in [0, 0.05) is 36.0 Å². The van der Waals surface area contributed by atoms with Crippen molar-refractivity contribution in [3.8, 4) is 11.8 Å². The Morgan fingerprint density at radius 1 is 1.58 bits per heavy atom. The highest BCUT2D eigenvalue weighted by Crippen LogP contribution is 2.21. The number of hydrogen-bond acceptors (Lipinski definition) is 4. The monoisotopic (exact) mass is 278 g/mol. The first kappa shape index (κ1) is 14.5. The summed E-state index contributed by atoms with van der Waals surface area (Å²) in [6.45, 7) is 4.69. The van der Waals surface area contributed by atoms with Gasteiger partial charge in [0.15, 0.2) is 0 Å². The maximum atomic E-state index is 5.39. The van der Waals surface area contributed by atoms with E-state index in [1.807, 2.05) is 0 Å². The number of likely N-dealkylation sites (tertiary alicyclic amines) is 1. The van der Waals surface area contributed by atoms with Gasteiger partial charge in [0.1, 0.15) is 0 Å². The summed E-state index contributed by atoms with van der Waals surface area (Å²) in [4.78, 5) is 3.92. The van der Waals surface area contributed by atoms with Gasteiger partial charge in [-0.25, -0.2) is 0 Å². The normalized spacial score (nSPS) is 20.0. The minimum Gasteiger partial charge on any atom is -0.384 e. The summed E-state index contributed by atoms with van der Waals surface area (Å²) < 4.78 is 5.27. The van der Waals surface area contributed by atoms with Crippen molar-refractivity contribution in [1.29, 1.82) is 0 Å². The number of ether oxygens (including phenoxy) is 1. The molecule has 1 aliphatic rings. The Labute approximate surface area is 119 Å². The van der Waals surface area contributed by atoms with Crippen molar-refractivity contribution < 1.29 is 4.74 Å². The van der Waals surface area contributed by atoms with Crippen molar-refractivity contribution in [1.82, 2.24) is 4.90 Å². The van der Waals surface area contributed by atoms with E-state index in [9.17, 15) is 0 Å². The van der Waals surface area contributed by atoms with Crippen LogP contribution in [0.1, 0.15) is 23.3 Å². The summed E-state index contributed by atoms with van der Waals surface area (Å²) in [7, 11) is 1.79. The Balaban J connectivity index is 1.88. The van der Waals surface area contributed by atoms with Crippen LogP contribution in [-0.2, 0) is 11.3 Å². The Bertz CT molecular complexity index is 444. The fraction of sp³-hybridized carbons (Fsp3) is 0.600. The predicted molar refractivity (Wildman–Crippen MR) is 80.1 cm³/mol. The molecule has 0 spiro atoms. The second-order valence-electron chi connectivity index (χ2n) is 5.01. The van der Waals surface area contributed by atoms with E-state index in [-0.39, 0.29) is 0 Å². The molecule has 3 nitrogen and oxygen atoms in total. The van der Waals surface area contributed by atoms with E-state index in [1.165, 1.54) is 24.3 Å². The summed E-state index contributed by atoms with van der Waals surface area (Å²) in [6, 6.07) is 2.19. The van der Waals surface area contributed by atoms with Gasteiger partial charge in [-0.1, -0.05) is 11.8 Å². The molecule has 19 heavy (non-hydrogen) atoms. The van der Waals surface area contributed by atoms with Gasteiger partial charge in [-0.15, -0.1) is 11.3 Å². The molecule has 0 saturated carbocycles. The number of nitrogens with two attached hydrogens (primary N) is 1. The minimum absolute atomic E-state index is 0.427. The summed E-state index contributed by atoms with van der Waals surface area (Å²) >= 11 is 1.79. The van der Waals surface area contributed by atoms with Crippen molar-refractivity contribution in [3.63, 3.8) is 0 Å². The van der Waals surface area contributed by atoms with E-state index < -0.39 is 0 Å². The largest absolute Gasteiger partial charge is 0.384 e. The summed E-state index contributed by atoms with van der Waals surface area (Å²) in [5.74, 6) is 6.68. The lowest BCUT2D eigenvalue weighted by molar-refractivity contribution is 0.0878. The van der Waals surface area contributed by atoms with Crippen molar-refractivity contribution >= 4 is 11.3 Å². The van der Waals surface area contributed by atoms with Gasteiger partial charge < -0.3 is 10.5 Å². The summed E-state index contributed by atoms with van der Waals surface area (Å²) in [6.07, 6.45) is 2.57. The van der Waals surface area contributed by atoms with Gasteiger partial charge in [0.25, 0.3) is 0 Å². The Morgan fingerprint density at radius 2 is 2.47 bits per heavy atom. The van der Waals surface area contributed by atoms with Gasteiger partial charge in [-0.2, -0.15) is 0 Å². The predicted octanol–water partition coefficient (Wildman–Crippen LogP) is 1.92. The molecule has 2 N–H and O–H groups in total. The van der Waals surface area contributed by atoms with Gasteiger partial charge in [-0.05, 0) is 31.4 Å². The van der Waals surface area contributed by atoms with Crippen LogP contribution in [0.25, 0.3) is 0 Å². The molecule has 0 radical (unpaired) electrons. The number of methoxy groups -OCH3 is 1. The Hall–Kier alpha value is -0.860. The lowest BCUT2D eigenvalue weighted by atomic mass is 9.99. The molecular formula is C15H22N2OS. The van der Waals surface area contributed by atoms with Crippen LogP contribution in [0.4, 0.5) is 0 Å². The molecule has 1 aliphatic heterocycles. The number of rotatable bonds is 4. The van der Waals surface area contributed by atoms with Crippen LogP contribution < -0.4 is 5.73 Å². The van der Waals surface area contributed by atoms with Crippen LogP contribution in [-0.4, -0.2) is 38.3 Å².